The molecule has 0 spiro atoms. The van der Waals surface area contributed by atoms with Crippen molar-refractivity contribution in [3.63, 3.8) is 0 Å². The van der Waals surface area contributed by atoms with E-state index in [-0.39, 0.29) is 5.38 Å². The van der Waals surface area contributed by atoms with Gasteiger partial charge in [-0.05, 0) is 37.7 Å². The van der Waals surface area contributed by atoms with Crippen LogP contribution in [0.15, 0.2) is 18.3 Å². The van der Waals surface area contributed by atoms with E-state index in [2.05, 4.69) is 26.3 Å². The van der Waals surface area contributed by atoms with Crippen molar-refractivity contribution in [1.82, 2.24) is 14.5 Å². The van der Waals surface area contributed by atoms with E-state index < -0.39 is 0 Å². The van der Waals surface area contributed by atoms with E-state index in [1.54, 1.807) is 0 Å². The van der Waals surface area contributed by atoms with Crippen LogP contribution < -0.4 is 0 Å². The summed E-state index contributed by atoms with van der Waals surface area (Å²) in [5.74, 6) is 2.22. The average Bonchev–Trinajstić information content (AvgIpc) is 2.98. The lowest BCUT2D eigenvalue weighted by Gasteiger charge is -2.14. The van der Waals surface area contributed by atoms with Crippen molar-refractivity contribution < 1.29 is 0 Å². The van der Waals surface area contributed by atoms with Crippen LogP contribution in [0.3, 0.4) is 0 Å². The molecule has 2 unspecified atom stereocenters. The summed E-state index contributed by atoms with van der Waals surface area (Å²) < 4.78 is 2.20. The molecule has 1 fully saturated rings. The first-order chi connectivity index (χ1) is 8.75. The molecule has 0 radical (unpaired) electrons. The van der Waals surface area contributed by atoms with Crippen LogP contribution in [0, 0.1) is 0 Å². The maximum Gasteiger partial charge on any atom is 0.160 e. The standard InChI is InChI=1S/C13H16ClN3S/c1-9(14)12-16-11-5-2-6-15-13(11)17(12)8-10-4-3-7-18-10/h2,5-6,9-10H,3-4,7-8H2,1H3. The second kappa shape index (κ2) is 5.10. The van der Waals surface area contributed by atoms with Crippen LogP contribution >= 0.6 is 23.4 Å². The highest BCUT2D eigenvalue weighted by atomic mass is 35.5. The van der Waals surface area contributed by atoms with Gasteiger partial charge in [0.15, 0.2) is 5.65 Å². The van der Waals surface area contributed by atoms with Crippen LogP contribution in [-0.4, -0.2) is 25.5 Å². The zero-order valence-corrected chi connectivity index (χ0v) is 11.9. The average molecular weight is 282 g/mol. The third kappa shape index (κ3) is 2.24. The molecule has 0 aromatic carbocycles. The Labute approximate surface area is 116 Å². The fourth-order valence-electron chi connectivity index (χ4n) is 2.45. The Balaban J connectivity index is 2.03. The minimum absolute atomic E-state index is 0.0781. The van der Waals surface area contributed by atoms with E-state index in [1.807, 2.05) is 25.3 Å². The highest BCUT2D eigenvalue weighted by Gasteiger charge is 2.21. The van der Waals surface area contributed by atoms with Crippen LogP contribution in [0.25, 0.3) is 11.2 Å². The summed E-state index contributed by atoms with van der Waals surface area (Å²) in [4.78, 5) is 9.07. The Morgan fingerprint density at radius 2 is 2.50 bits per heavy atom. The van der Waals surface area contributed by atoms with Crippen molar-refractivity contribution in [3.05, 3.63) is 24.2 Å². The van der Waals surface area contributed by atoms with Gasteiger partial charge in [0.25, 0.3) is 0 Å². The summed E-state index contributed by atoms with van der Waals surface area (Å²) >= 11 is 8.30. The monoisotopic (exact) mass is 281 g/mol. The van der Waals surface area contributed by atoms with Crippen LogP contribution in [0.2, 0.25) is 0 Å². The Morgan fingerprint density at radius 3 is 3.22 bits per heavy atom. The number of fused-ring (bicyclic) bond motifs is 1. The molecule has 3 rings (SSSR count). The molecule has 1 saturated heterocycles. The van der Waals surface area contributed by atoms with Gasteiger partial charge in [0, 0.05) is 18.0 Å². The van der Waals surface area contributed by atoms with Gasteiger partial charge in [-0.25, -0.2) is 9.97 Å². The van der Waals surface area contributed by atoms with Crippen LogP contribution in [0.4, 0.5) is 0 Å². The van der Waals surface area contributed by atoms with E-state index in [1.165, 1.54) is 18.6 Å². The van der Waals surface area contributed by atoms with Gasteiger partial charge in [-0.2, -0.15) is 11.8 Å². The number of imidazole rings is 1. The Hall–Kier alpha value is -0.740. The molecule has 2 aromatic rings. The molecular weight excluding hydrogens is 266 g/mol. The third-order valence-electron chi connectivity index (χ3n) is 3.30. The number of alkyl halides is 1. The number of pyridine rings is 1. The van der Waals surface area contributed by atoms with E-state index in [4.69, 9.17) is 11.6 Å². The number of hydrogen-bond donors (Lipinski definition) is 0. The van der Waals surface area contributed by atoms with Crippen molar-refractivity contribution in [2.24, 2.45) is 0 Å². The lowest BCUT2D eigenvalue weighted by molar-refractivity contribution is 0.619. The molecule has 0 saturated carbocycles. The smallest absolute Gasteiger partial charge is 0.160 e. The number of nitrogens with zero attached hydrogens (tertiary/aromatic N) is 3. The summed E-state index contributed by atoms with van der Waals surface area (Å²) in [7, 11) is 0. The molecule has 3 nitrogen and oxygen atoms in total. The maximum atomic E-state index is 6.25. The first-order valence-electron chi connectivity index (χ1n) is 6.32. The van der Waals surface area contributed by atoms with Crippen molar-refractivity contribution in [2.45, 2.75) is 36.9 Å². The zero-order valence-electron chi connectivity index (χ0n) is 10.3. The number of hydrogen-bond acceptors (Lipinski definition) is 3. The number of thioether (sulfide) groups is 1. The van der Waals surface area contributed by atoms with E-state index in [9.17, 15) is 0 Å². The number of halogens is 1. The van der Waals surface area contributed by atoms with Gasteiger partial charge in [0.05, 0.1) is 5.38 Å². The number of rotatable bonds is 3. The van der Waals surface area contributed by atoms with Crippen molar-refractivity contribution >= 4 is 34.5 Å². The first kappa shape index (κ1) is 12.3. The Kier molecular flexibility index (Phi) is 3.48. The van der Waals surface area contributed by atoms with Crippen LogP contribution in [0.5, 0.6) is 0 Å². The van der Waals surface area contributed by atoms with Gasteiger partial charge < -0.3 is 4.57 Å². The molecule has 2 aromatic heterocycles. The quantitative estimate of drug-likeness (QED) is 0.805. The van der Waals surface area contributed by atoms with Gasteiger partial charge in [-0.1, -0.05) is 0 Å². The summed E-state index contributed by atoms with van der Waals surface area (Å²) in [5.41, 5.74) is 1.91. The topological polar surface area (TPSA) is 30.7 Å². The molecule has 0 aliphatic carbocycles. The maximum absolute atomic E-state index is 6.25. The first-order valence-corrected chi connectivity index (χ1v) is 7.81. The minimum Gasteiger partial charge on any atom is -0.310 e. The minimum atomic E-state index is -0.0781. The van der Waals surface area contributed by atoms with E-state index in [0.29, 0.717) is 5.25 Å². The molecular formula is C13H16ClN3S. The van der Waals surface area contributed by atoms with Crippen LogP contribution in [0.1, 0.15) is 31.0 Å². The van der Waals surface area contributed by atoms with Crippen molar-refractivity contribution in [1.29, 1.82) is 0 Å². The second-order valence-electron chi connectivity index (χ2n) is 4.68. The Morgan fingerprint density at radius 1 is 1.61 bits per heavy atom. The van der Waals surface area contributed by atoms with Gasteiger partial charge in [0.1, 0.15) is 11.3 Å². The fraction of sp³-hybridized carbons (Fsp3) is 0.538. The molecule has 18 heavy (non-hydrogen) atoms. The van der Waals surface area contributed by atoms with E-state index >= 15 is 0 Å². The zero-order chi connectivity index (χ0) is 12.5. The molecule has 2 atom stereocenters. The summed E-state index contributed by atoms with van der Waals surface area (Å²) in [6.45, 7) is 2.95. The fourth-order valence-corrected chi connectivity index (χ4v) is 3.87. The van der Waals surface area contributed by atoms with Crippen molar-refractivity contribution in [2.75, 3.05) is 5.75 Å². The van der Waals surface area contributed by atoms with Crippen LogP contribution in [-0.2, 0) is 6.54 Å². The molecule has 0 amide bonds. The molecule has 0 bridgehead atoms. The lowest BCUT2D eigenvalue weighted by Crippen LogP contribution is -2.13. The Bertz CT molecular complexity index is 546. The van der Waals surface area contributed by atoms with Gasteiger partial charge in [-0.15, -0.1) is 11.6 Å². The molecule has 3 heterocycles. The molecule has 1 aliphatic heterocycles. The predicted molar refractivity (Wildman–Crippen MR) is 77.3 cm³/mol. The van der Waals surface area contributed by atoms with Gasteiger partial charge in [0.2, 0.25) is 0 Å². The van der Waals surface area contributed by atoms with Gasteiger partial charge in [-0.3, -0.25) is 0 Å². The summed E-state index contributed by atoms with van der Waals surface area (Å²) in [6, 6.07) is 3.93. The van der Waals surface area contributed by atoms with E-state index in [0.717, 1.165) is 23.5 Å². The highest BCUT2D eigenvalue weighted by molar-refractivity contribution is 8.00. The summed E-state index contributed by atoms with van der Waals surface area (Å²) in [5, 5.41) is 0.601. The molecule has 0 N–H and O–H groups in total. The molecule has 5 heteroatoms. The molecule has 1 aliphatic rings. The summed E-state index contributed by atoms with van der Waals surface area (Å²) in [6.07, 6.45) is 4.43. The highest BCUT2D eigenvalue weighted by Crippen LogP contribution is 2.30. The lowest BCUT2D eigenvalue weighted by atomic mass is 10.2. The largest absolute Gasteiger partial charge is 0.310 e. The predicted octanol–water partition coefficient (Wildman–Crippen LogP) is 3.63. The van der Waals surface area contributed by atoms with Gasteiger partial charge >= 0.3 is 0 Å². The SMILES string of the molecule is CC(Cl)c1nc2cccnc2n1CC1CCCS1. The van der Waals surface area contributed by atoms with Crippen molar-refractivity contribution in [3.8, 4) is 0 Å². The third-order valence-corrected chi connectivity index (χ3v) is 4.88. The number of aromatic nitrogens is 3. The second-order valence-corrected chi connectivity index (χ2v) is 6.74. The molecule has 96 valence electrons. The normalized spacial score (nSPS) is 21.6.